The number of anilines is 1. The number of rotatable bonds is 3. The lowest BCUT2D eigenvalue weighted by molar-refractivity contribution is -0.136. The van der Waals surface area contributed by atoms with Crippen molar-refractivity contribution in [2.75, 3.05) is 31.6 Å². The number of urea groups is 1. The summed E-state index contributed by atoms with van der Waals surface area (Å²) >= 11 is 0. The van der Waals surface area contributed by atoms with E-state index in [1.54, 1.807) is 29.2 Å². The van der Waals surface area contributed by atoms with Crippen LogP contribution < -0.4 is 5.32 Å². The van der Waals surface area contributed by atoms with Crippen molar-refractivity contribution in [3.05, 3.63) is 29.8 Å². The molecule has 0 atom stereocenters. The molecule has 0 saturated carbocycles. The molecule has 1 saturated heterocycles. The number of carboxylic acid groups (broad SMARTS) is 1. The Morgan fingerprint density at radius 2 is 1.84 bits per heavy atom. The number of carbonyl (C=O) groups excluding carboxylic acids is 1. The number of aliphatic carboxylic acids is 1. The highest BCUT2D eigenvalue weighted by Crippen LogP contribution is 2.11. The summed E-state index contributed by atoms with van der Waals surface area (Å²) in [5, 5.41) is 11.4. The van der Waals surface area contributed by atoms with Crippen molar-refractivity contribution in [3.8, 4) is 0 Å². The summed E-state index contributed by atoms with van der Waals surface area (Å²) in [6.45, 7) is 2.29. The average molecular weight is 264 g/mol. The Morgan fingerprint density at radius 3 is 2.42 bits per heavy atom. The zero-order chi connectivity index (χ0) is 13.7. The summed E-state index contributed by atoms with van der Waals surface area (Å²) in [5.74, 6) is -0.870. The molecule has 1 aromatic carbocycles. The van der Waals surface area contributed by atoms with Crippen LogP contribution in [0.5, 0.6) is 0 Å². The topological polar surface area (TPSA) is 78.9 Å². The van der Waals surface area contributed by atoms with Gasteiger partial charge in [0.05, 0.1) is 19.6 Å². The highest BCUT2D eigenvalue weighted by Gasteiger charge is 2.16. The zero-order valence-electron chi connectivity index (χ0n) is 10.5. The third kappa shape index (κ3) is 3.96. The van der Waals surface area contributed by atoms with Crippen molar-refractivity contribution in [2.45, 2.75) is 6.42 Å². The van der Waals surface area contributed by atoms with Gasteiger partial charge in [-0.25, -0.2) is 4.79 Å². The number of amides is 2. The second kappa shape index (κ2) is 6.19. The first kappa shape index (κ1) is 13.4. The summed E-state index contributed by atoms with van der Waals surface area (Å²) in [7, 11) is 0. The number of nitrogens with zero attached hydrogens (tertiary/aromatic N) is 1. The number of nitrogens with one attached hydrogen (secondary N) is 1. The van der Waals surface area contributed by atoms with Gasteiger partial charge in [-0.05, 0) is 17.7 Å². The Labute approximate surface area is 111 Å². The summed E-state index contributed by atoms with van der Waals surface area (Å²) in [4.78, 5) is 24.1. The minimum Gasteiger partial charge on any atom is -0.481 e. The van der Waals surface area contributed by atoms with E-state index in [4.69, 9.17) is 9.84 Å². The van der Waals surface area contributed by atoms with Crippen LogP contribution in [-0.2, 0) is 16.0 Å². The van der Waals surface area contributed by atoms with Gasteiger partial charge < -0.3 is 20.1 Å². The first-order valence-corrected chi connectivity index (χ1v) is 6.09. The average Bonchev–Trinajstić information content (AvgIpc) is 2.41. The third-order valence-corrected chi connectivity index (χ3v) is 2.86. The Morgan fingerprint density at radius 1 is 1.21 bits per heavy atom. The number of hydrogen-bond donors (Lipinski definition) is 2. The molecule has 0 spiro atoms. The van der Waals surface area contributed by atoms with E-state index in [0.29, 0.717) is 37.6 Å². The molecule has 1 heterocycles. The number of carboxylic acids is 1. The smallest absolute Gasteiger partial charge is 0.321 e. The highest BCUT2D eigenvalue weighted by molar-refractivity contribution is 5.89. The van der Waals surface area contributed by atoms with Gasteiger partial charge in [0.1, 0.15) is 0 Å². The van der Waals surface area contributed by atoms with Gasteiger partial charge in [-0.1, -0.05) is 12.1 Å². The maximum Gasteiger partial charge on any atom is 0.321 e. The monoisotopic (exact) mass is 264 g/mol. The molecule has 6 nitrogen and oxygen atoms in total. The largest absolute Gasteiger partial charge is 0.481 e. The van der Waals surface area contributed by atoms with Crippen LogP contribution >= 0.6 is 0 Å². The van der Waals surface area contributed by atoms with Crippen LogP contribution in [0.15, 0.2) is 24.3 Å². The Kier molecular flexibility index (Phi) is 4.35. The first-order valence-electron chi connectivity index (χ1n) is 6.09. The molecule has 19 heavy (non-hydrogen) atoms. The van der Waals surface area contributed by atoms with Gasteiger partial charge >= 0.3 is 12.0 Å². The van der Waals surface area contributed by atoms with Gasteiger partial charge in [0.15, 0.2) is 0 Å². The number of carbonyl (C=O) groups is 2. The second-order valence-corrected chi connectivity index (χ2v) is 4.30. The molecule has 1 aliphatic rings. The van der Waals surface area contributed by atoms with E-state index in [0.717, 1.165) is 0 Å². The molecule has 2 N–H and O–H groups in total. The predicted molar refractivity (Wildman–Crippen MR) is 69.2 cm³/mol. The second-order valence-electron chi connectivity index (χ2n) is 4.30. The highest BCUT2D eigenvalue weighted by atomic mass is 16.5. The summed E-state index contributed by atoms with van der Waals surface area (Å²) in [6.07, 6.45) is -0.0162. The summed E-state index contributed by atoms with van der Waals surface area (Å²) in [5.41, 5.74) is 1.36. The van der Waals surface area contributed by atoms with Crippen LogP contribution in [-0.4, -0.2) is 48.3 Å². The SMILES string of the molecule is O=C(O)Cc1ccc(NC(=O)N2CCOCC2)cc1. The standard InChI is InChI=1S/C13H16N2O4/c16-12(17)9-10-1-3-11(4-2-10)14-13(18)15-5-7-19-8-6-15/h1-4H,5-9H2,(H,14,18)(H,16,17). The van der Waals surface area contributed by atoms with Gasteiger partial charge in [-0.2, -0.15) is 0 Å². The van der Waals surface area contributed by atoms with E-state index < -0.39 is 5.97 Å². The Hall–Kier alpha value is -2.08. The minimum absolute atomic E-state index is 0.0162. The quantitative estimate of drug-likeness (QED) is 0.859. The molecule has 1 fully saturated rings. The lowest BCUT2D eigenvalue weighted by Crippen LogP contribution is -2.43. The lowest BCUT2D eigenvalue weighted by Gasteiger charge is -2.26. The molecule has 1 aromatic rings. The first-order chi connectivity index (χ1) is 9.15. The Balaban J connectivity index is 1.91. The molecule has 1 aliphatic heterocycles. The summed E-state index contributed by atoms with van der Waals surface area (Å²) < 4.78 is 5.18. The van der Waals surface area contributed by atoms with Crippen LogP contribution in [0.2, 0.25) is 0 Å². The maximum atomic E-state index is 11.9. The number of benzene rings is 1. The zero-order valence-corrected chi connectivity index (χ0v) is 10.5. The molecule has 0 radical (unpaired) electrons. The number of ether oxygens (including phenoxy) is 1. The van der Waals surface area contributed by atoms with Gasteiger partial charge in [-0.15, -0.1) is 0 Å². The van der Waals surface area contributed by atoms with Crippen molar-refractivity contribution in [3.63, 3.8) is 0 Å². The molecule has 0 aliphatic carbocycles. The fourth-order valence-corrected chi connectivity index (χ4v) is 1.85. The molecule has 2 amide bonds. The minimum atomic E-state index is -0.870. The fraction of sp³-hybridized carbons (Fsp3) is 0.385. The molecule has 102 valence electrons. The van der Waals surface area contributed by atoms with E-state index in [-0.39, 0.29) is 12.5 Å². The van der Waals surface area contributed by atoms with Crippen molar-refractivity contribution in [1.82, 2.24) is 4.90 Å². The molecule has 0 unspecified atom stereocenters. The van der Waals surface area contributed by atoms with Crippen LogP contribution in [0.3, 0.4) is 0 Å². The van der Waals surface area contributed by atoms with Crippen LogP contribution in [0.4, 0.5) is 10.5 Å². The molecular weight excluding hydrogens is 248 g/mol. The van der Waals surface area contributed by atoms with Crippen molar-refractivity contribution in [2.24, 2.45) is 0 Å². The number of morpholine rings is 1. The molecule has 6 heteroatoms. The van der Waals surface area contributed by atoms with E-state index in [2.05, 4.69) is 5.32 Å². The van der Waals surface area contributed by atoms with Crippen molar-refractivity contribution >= 4 is 17.7 Å². The molecule has 0 aromatic heterocycles. The van der Waals surface area contributed by atoms with Crippen LogP contribution in [0.1, 0.15) is 5.56 Å². The van der Waals surface area contributed by atoms with E-state index >= 15 is 0 Å². The maximum absolute atomic E-state index is 11.9. The molecule has 2 rings (SSSR count). The van der Waals surface area contributed by atoms with Crippen molar-refractivity contribution in [1.29, 1.82) is 0 Å². The van der Waals surface area contributed by atoms with Gasteiger partial charge in [0.2, 0.25) is 0 Å². The predicted octanol–water partition coefficient (Wildman–Crippen LogP) is 1.18. The molecule has 0 bridgehead atoms. The fourth-order valence-electron chi connectivity index (χ4n) is 1.85. The van der Waals surface area contributed by atoms with Crippen LogP contribution in [0.25, 0.3) is 0 Å². The molecular formula is C13H16N2O4. The lowest BCUT2D eigenvalue weighted by atomic mass is 10.1. The Bertz CT molecular complexity index is 452. The van der Waals surface area contributed by atoms with Gasteiger partial charge in [0, 0.05) is 18.8 Å². The summed E-state index contributed by atoms with van der Waals surface area (Å²) in [6, 6.07) is 6.65. The van der Waals surface area contributed by atoms with Crippen LogP contribution in [0, 0.1) is 0 Å². The third-order valence-electron chi connectivity index (χ3n) is 2.86. The van der Waals surface area contributed by atoms with Gasteiger partial charge in [-0.3, -0.25) is 4.79 Å². The van der Waals surface area contributed by atoms with E-state index in [1.165, 1.54) is 0 Å². The van der Waals surface area contributed by atoms with Crippen molar-refractivity contribution < 1.29 is 19.4 Å². The number of hydrogen-bond acceptors (Lipinski definition) is 3. The van der Waals surface area contributed by atoms with E-state index in [9.17, 15) is 9.59 Å². The van der Waals surface area contributed by atoms with E-state index in [1.807, 2.05) is 0 Å². The van der Waals surface area contributed by atoms with Gasteiger partial charge in [0.25, 0.3) is 0 Å². The normalized spacial score (nSPS) is 15.1.